The van der Waals surface area contributed by atoms with Gasteiger partial charge in [0.2, 0.25) is 5.91 Å². The Labute approximate surface area is 88.7 Å². The first-order chi connectivity index (χ1) is 7.24. The Hall–Kier alpha value is -1.64. The van der Waals surface area contributed by atoms with Crippen LogP contribution in [0.3, 0.4) is 0 Å². The lowest BCUT2D eigenvalue weighted by atomic mass is 10.0. The molecule has 15 heavy (non-hydrogen) atoms. The molecule has 0 bridgehead atoms. The lowest BCUT2D eigenvalue weighted by Crippen LogP contribution is -2.25. The first-order valence-electron chi connectivity index (χ1n) is 5.06. The average molecular weight is 203 g/mol. The van der Waals surface area contributed by atoms with E-state index in [1.807, 2.05) is 18.2 Å². The van der Waals surface area contributed by atoms with Crippen molar-refractivity contribution in [3.8, 4) is 0 Å². The van der Waals surface area contributed by atoms with E-state index in [1.54, 1.807) is 11.8 Å². The summed E-state index contributed by atoms with van der Waals surface area (Å²) in [5.74, 6) is 0.0667. The van der Waals surface area contributed by atoms with Gasteiger partial charge in [0.05, 0.1) is 0 Å². The maximum Gasteiger partial charge on any atom is 0.223 e. The highest BCUT2D eigenvalue weighted by Gasteiger charge is 2.23. The summed E-state index contributed by atoms with van der Waals surface area (Å²) in [6, 6.07) is 5.80. The van der Waals surface area contributed by atoms with Gasteiger partial charge in [-0.05, 0) is 23.6 Å². The number of hydrogen-bond acceptors (Lipinski definition) is 2. The van der Waals surface area contributed by atoms with Crippen LogP contribution in [0.25, 0.3) is 0 Å². The van der Waals surface area contributed by atoms with Crippen LogP contribution in [0.15, 0.2) is 18.2 Å². The summed E-state index contributed by atoms with van der Waals surface area (Å²) in [7, 11) is 0. The number of benzene rings is 1. The molecule has 0 radical (unpaired) electrons. The summed E-state index contributed by atoms with van der Waals surface area (Å²) in [6.07, 6.45) is 2.21. The molecule has 1 aliphatic heterocycles. The van der Waals surface area contributed by atoms with Crippen LogP contribution in [0.2, 0.25) is 0 Å². The van der Waals surface area contributed by atoms with Gasteiger partial charge < -0.3 is 9.69 Å². The van der Waals surface area contributed by atoms with Gasteiger partial charge in [-0.1, -0.05) is 12.1 Å². The van der Waals surface area contributed by atoms with Gasteiger partial charge in [0.15, 0.2) is 0 Å². The van der Waals surface area contributed by atoms with Gasteiger partial charge in [0, 0.05) is 25.6 Å². The summed E-state index contributed by atoms with van der Waals surface area (Å²) in [5, 5.41) is 0. The molecule has 0 aliphatic carbocycles. The van der Waals surface area contributed by atoms with Gasteiger partial charge in [-0.25, -0.2) is 0 Å². The number of rotatable bonds is 2. The van der Waals surface area contributed by atoms with E-state index in [0.717, 1.165) is 36.1 Å². The smallest absolute Gasteiger partial charge is 0.223 e. The van der Waals surface area contributed by atoms with Crippen LogP contribution in [0.1, 0.15) is 18.1 Å². The highest BCUT2D eigenvalue weighted by Crippen LogP contribution is 2.30. The summed E-state index contributed by atoms with van der Waals surface area (Å²) < 4.78 is 0. The Kier molecular flexibility index (Phi) is 2.54. The Morgan fingerprint density at radius 3 is 3.00 bits per heavy atom. The highest BCUT2D eigenvalue weighted by atomic mass is 16.2. The third-order valence-electron chi connectivity index (χ3n) is 2.81. The zero-order chi connectivity index (χ0) is 10.8. The average Bonchev–Trinajstić information content (AvgIpc) is 2.62. The molecule has 1 aromatic carbocycles. The molecule has 0 unspecified atom stereocenters. The van der Waals surface area contributed by atoms with Gasteiger partial charge >= 0.3 is 0 Å². The molecule has 0 N–H and O–H groups in total. The molecule has 0 saturated carbocycles. The molecular formula is C12H13NO2. The SMILES string of the molecule is CC(=O)N1CCc2c(CC=O)cccc21. The van der Waals surface area contributed by atoms with Crippen molar-refractivity contribution >= 4 is 17.9 Å². The second-order valence-electron chi connectivity index (χ2n) is 3.71. The lowest BCUT2D eigenvalue weighted by molar-refractivity contribution is -0.116. The number of aldehydes is 1. The fraction of sp³-hybridized carbons (Fsp3) is 0.333. The second-order valence-corrected chi connectivity index (χ2v) is 3.71. The van der Waals surface area contributed by atoms with Crippen LogP contribution in [-0.4, -0.2) is 18.7 Å². The van der Waals surface area contributed by atoms with E-state index in [0.29, 0.717) is 6.42 Å². The predicted octanol–water partition coefficient (Wildman–Crippen LogP) is 1.34. The minimum atomic E-state index is 0.0667. The number of carbonyl (C=O) groups excluding carboxylic acids is 2. The number of anilines is 1. The number of nitrogens with zero attached hydrogens (tertiary/aromatic N) is 1. The van der Waals surface area contributed by atoms with E-state index in [-0.39, 0.29) is 5.91 Å². The van der Waals surface area contributed by atoms with Crippen molar-refractivity contribution in [3.05, 3.63) is 29.3 Å². The van der Waals surface area contributed by atoms with Gasteiger partial charge in [-0.15, -0.1) is 0 Å². The van der Waals surface area contributed by atoms with Crippen LogP contribution >= 0.6 is 0 Å². The van der Waals surface area contributed by atoms with Crippen molar-refractivity contribution in [2.24, 2.45) is 0 Å². The molecule has 1 aliphatic rings. The minimum Gasteiger partial charge on any atom is -0.312 e. The molecule has 1 heterocycles. The zero-order valence-corrected chi connectivity index (χ0v) is 8.69. The molecule has 0 fully saturated rings. The fourth-order valence-corrected chi connectivity index (χ4v) is 2.11. The number of carbonyl (C=O) groups is 2. The van der Waals surface area contributed by atoms with Crippen molar-refractivity contribution in [2.45, 2.75) is 19.8 Å². The molecule has 3 heteroatoms. The van der Waals surface area contributed by atoms with Crippen molar-refractivity contribution in [2.75, 3.05) is 11.4 Å². The Balaban J connectivity index is 2.42. The molecule has 78 valence electrons. The van der Waals surface area contributed by atoms with Crippen LogP contribution in [-0.2, 0) is 22.4 Å². The summed E-state index contributed by atoms with van der Waals surface area (Å²) in [5.41, 5.74) is 3.17. The molecule has 1 aromatic rings. The zero-order valence-electron chi connectivity index (χ0n) is 8.69. The normalized spacial score (nSPS) is 13.8. The number of amides is 1. The number of fused-ring (bicyclic) bond motifs is 1. The Morgan fingerprint density at radius 2 is 2.33 bits per heavy atom. The predicted molar refractivity (Wildman–Crippen MR) is 57.9 cm³/mol. The fourth-order valence-electron chi connectivity index (χ4n) is 2.11. The van der Waals surface area contributed by atoms with E-state index in [4.69, 9.17) is 0 Å². The molecule has 0 aromatic heterocycles. The van der Waals surface area contributed by atoms with E-state index >= 15 is 0 Å². The lowest BCUT2D eigenvalue weighted by Gasteiger charge is -2.14. The van der Waals surface area contributed by atoms with Gasteiger partial charge in [0.25, 0.3) is 0 Å². The standard InChI is InChI=1S/C12H13NO2/c1-9(15)13-7-5-11-10(6-8-14)3-2-4-12(11)13/h2-4,8H,5-7H2,1H3. The Bertz CT molecular complexity index is 412. The molecule has 0 saturated heterocycles. The topological polar surface area (TPSA) is 37.4 Å². The summed E-state index contributed by atoms with van der Waals surface area (Å²) in [6.45, 7) is 2.31. The van der Waals surface area contributed by atoms with Crippen molar-refractivity contribution < 1.29 is 9.59 Å². The maximum absolute atomic E-state index is 11.3. The minimum absolute atomic E-state index is 0.0667. The molecule has 1 amide bonds. The van der Waals surface area contributed by atoms with Crippen LogP contribution in [0.5, 0.6) is 0 Å². The highest BCUT2D eigenvalue weighted by molar-refractivity contribution is 5.94. The van der Waals surface area contributed by atoms with E-state index < -0.39 is 0 Å². The van der Waals surface area contributed by atoms with Crippen molar-refractivity contribution in [3.63, 3.8) is 0 Å². The van der Waals surface area contributed by atoms with E-state index in [2.05, 4.69) is 0 Å². The first kappa shape index (κ1) is 9.90. The van der Waals surface area contributed by atoms with Crippen molar-refractivity contribution in [1.82, 2.24) is 0 Å². The van der Waals surface area contributed by atoms with E-state index in [1.165, 1.54) is 0 Å². The third kappa shape index (κ3) is 1.65. The largest absolute Gasteiger partial charge is 0.312 e. The molecule has 0 spiro atoms. The maximum atomic E-state index is 11.3. The third-order valence-corrected chi connectivity index (χ3v) is 2.81. The summed E-state index contributed by atoms with van der Waals surface area (Å²) >= 11 is 0. The van der Waals surface area contributed by atoms with E-state index in [9.17, 15) is 9.59 Å². The molecule has 3 nitrogen and oxygen atoms in total. The van der Waals surface area contributed by atoms with Crippen molar-refractivity contribution in [1.29, 1.82) is 0 Å². The van der Waals surface area contributed by atoms with Crippen LogP contribution < -0.4 is 4.90 Å². The monoisotopic (exact) mass is 203 g/mol. The first-order valence-corrected chi connectivity index (χ1v) is 5.06. The summed E-state index contributed by atoms with van der Waals surface area (Å²) in [4.78, 5) is 23.6. The Morgan fingerprint density at radius 1 is 1.53 bits per heavy atom. The molecule has 0 atom stereocenters. The molecular weight excluding hydrogens is 190 g/mol. The number of hydrogen-bond donors (Lipinski definition) is 0. The quantitative estimate of drug-likeness (QED) is 0.680. The van der Waals surface area contributed by atoms with Crippen LogP contribution in [0, 0.1) is 0 Å². The van der Waals surface area contributed by atoms with Crippen LogP contribution in [0.4, 0.5) is 5.69 Å². The van der Waals surface area contributed by atoms with Gasteiger partial charge in [-0.2, -0.15) is 0 Å². The van der Waals surface area contributed by atoms with Gasteiger partial charge in [-0.3, -0.25) is 4.79 Å². The van der Waals surface area contributed by atoms with Gasteiger partial charge in [0.1, 0.15) is 6.29 Å². The second kappa shape index (κ2) is 3.85. The molecule has 2 rings (SSSR count).